The Kier molecular flexibility index (Phi) is 6.89. The standard InChI is InChI=1S/C19H26N2O5/c1-5-13-16(18(22)26-8-4)17(21-19(23)20-13)12-9-10-14(24-6-2)15(11-12)25-7-3/h9-11,17H,5-8H2,1-4H3,(H2,20,21,23). The molecular weight excluding hydrogens is 336 g/mol. The summed E-state index contributed by atoms with van der Waals surface area (Å²) in [4.78, 5) is 24.6. The van der Waals surface area contributed by atoms with Crippen molar-refractivity contribution in [1.82, 2.24) is 10.6 Å². The summed E-state index contributed by atoms with van der Waals surface area (Å²) in [6.07, 6.45) is 0.507. The number of hydrogen-bond acceptors (Lipinski definition) is 5. The van der Waals surface area contributed by atoms with Gasteiger partial charge in [-0.15, -0.1) is 0 Å². The van der Waals surface area contributed by atoms with Gasteiger partial charge in [-0.05, 0) is 44.9 Å². The molecule has 0 saturated heterocycles. The van der Waals surface area contributed by atoms with Crippen LogP contribution in [-0.2, 0) is 9.53 Å². The highest BCUT2D eigenvalue weighted by Gasteiger charge is 2.33. The molecule has 0 fully saturated rings. The third kappa shape index (κ3) is 4.28. The van der Waals surface area contributed by atoms with E-state index in [0.29, 0.717) is 42.4 Å². The molecule has 1 atom stereocenters. The molecule has 0 bridgehead atoms. The molecular formula is C19H26N2O5. The van der Waals surface area contributed by atoms with Gasteiger partial charge in [-0.2, -0.15) is 0 Å². The number of esters is 1. The highest BCUT2D eigenvalue weighted by atomic mass is 16.5. The molecule has 0 saturated carbocycles. The fourth-order valence-corrected chi connectivity index (χ4v) is 2.84. The maximum Gasteiger partial charge on any atom is 0.338 e. The normalized spacial score (nSPS) is 16.6. The van der Waals surface area contributed by atoms with Crippen molar-refractivity contribution in [2.75, 3.05) is 19.8 Å². The molecule has 1 unspecified atom stereocenters. The Labute approximate surface area is 153 Å². The minimum atomic E-state index is -0.618. The Morgan fingerprint density at radius 3 is 2.35 bits per heavy atom. The largest absolute Gasteiger partial charge is 0.490 e. The molecule has 7 nitrogen and oxygen atoms in total. The van der Waals surface area contributed by atoms with Crippen LogP contribution in [0.1, 0.15) is 45.7 Å². The van der Waals surface area contributed by atoms with E-state index in [4.69, 9.17) is 14.2 Å². The molecule has 2 rings (SSSR count). The zero-order chi connectivity index (χ0) is 19.1. The smallest absolute Gasteiger partial charge is 0.338 e. The monoisotopic (exact) mass is 362 g/mol. The quantitative estimate of drug-likeness (QED) is 0.694. The Hall–Kier alpha value is -2.70. The van der Waals surface area contributed by atoms with Crippen LogP contribution in [0.2, 0.25) is 0 Å². The van der Waals surface area contributed by atoms with Crippen molar-refractivity contribution in [3.8, 4) is 11.5 Å². The van der Waals surface area contributed by atoms with Gasteiger partial charge >= 0.3 is 12.0 Å². The number of hydrogen-bond donors (Lipinski definition) is 2. The van der Waals surface area contributed by atoms with E-state index in [1.54, 1.807) is 19.1 Å². The Balaban J connectivity index is 2.50. The minimum absolute atomic E-state index is 0.257. The highest BCUT2D eigenvalue weighted by Crippen LogP contribution is 2.35. The van der Waals surface area contributed by atoms with Crippen LogP contribution in [-0.4, -0.2) is 31.8 Å². The lowest BCUT2D eigenvalue weighted by atomic mass is 9.94. The number of carbonyl (C=O) groups is 2. The Morgan fingerprint density at radius 2 is 1.73 bits per heavy atom. The second-order valence-corrected chi connectivity index (χ2v) is 5.57. The van der Waals surface area contributed by atoms with Gasteiger partial charge in [0.1, 0.15) is 0 Å². The number of benzene rings is 1. The molecule has 2 N–H and O–H groups in total. The van der Waals surface area contributed by atoms with E-state index in [2.05, 4.69) is 10.6 Å². The van der Waals surface area contributed by atoms with Gasteiger partial charge in [0, 0.05) is 5.70 Å². The lowest BCUT2D eigenvalue weighted by Gasteiger charge is -2.29. The summed E-state index contributed by atoms with van der Waals surface area (Å²) in [5, 5.41) is 5.50. The van der Waals surface area contributed by atoms with E-state index >= 15 is 0 Å². The van der Waals surface area contributed by atoms with Crippen molar-refractivity contribution in [2.24, 2.45) is 0 Å². The van der Waals surface area contributed by atoms with Gasteiger partial charge in [0.2, 0.25) is 0 Å². The van der Waals surface area contributed by atoms with Crippen LogP contribution in [0.4, 0.5) is 4.79 Å². The summed E-state index contributed by atoms with van der Waals surface area (Å²) >= 11 is 0. The molecule has 142 valence electrons. The Morgan fingerprint density at radius 1 is 1.04 bits per heavy atom. The number of ether oxygens (including phenoxy) is 3. The predicted molar refractivity (Wildman–Crippen MR) is 97.1 cm³/mol. The summed E-state index contributed by atoms with van der Waals surface area (Å²) in [5.41, 5.74) is 1.69. The van der Waals surface area contributed by atoms with Crippen molar-refractivity contribution in [2.45, 2.75) is 40.2 Å². The van der Waals surface area contributed by atoms with E-state index in [1.165, 1.54) is 0 Å². The van der Waals surface area contributed by atoms with Crippen LogP contribution < -0.4 is 20.1 Å². The van der Waals surface area contributed by atoms with Gasteiger partial charge < -0.3 is 24.8 Å². The van der Waals surface area contributed by atoms with Gasteiger partial charge in [0.25, 0.3) is 0 Å². The van der Waals surface area contributed by atoms with Crippen molar-refractivity contribution in [1.29, 1.82) is 0 Å². The van der Waals surface area contributed by atoms with Gasteiger partial charge in [-0.3, -0.25) is 0 Å². The molecule has 1 aromatic carbocycles. The van der Waals surface area contributed by atoms with E-state index in [-0.39, 0.29) is 12.6 Å². The topological polar surface area (TPSA) is 85.9 Å². The van der Waals surface area contributed by atoms with Crippen LogP contribution in [0.25, 0.3) is 0 Å². The van der Waals surface area contributed by atoms with E-state index < -0.39 is 12.0 Å². The average molecular weight is 362 g/mol. The lowest BCUT2D eigenvalue weighted by molar-refractivity contribution is -0.139. The summed E-state index contributed by atoms with van der Waals surface area (Å²) in [5.74, 6) is 0.741. The summed E-state index contributed by atoms with van der Waals surface area (Å²) in [6.45, 7) is 8.65. The zero-order valence-electron chi connectivity index (χ0n) is 15.7. The molecule has 0 aliphatic carbocycles. The first-order valence-corrected chi connectivity index (χ1v) is 8.92. The molecule has 26 heavy (non-hydrogen) atoms. The maximum absolute atomic E-state index is 12.5. The molecule has 1 aliphatic rings. The van der Waals surface area contributed by atoms with Gasteiger partial charge in [0.05, 0.1) is 31.4 Å². The van der Waals surface area contributed by atoms with E-state index in [1.807, 2.05) is 26.8 Å². The average Bonchev–Trinajstić information content (AvgIpc) is 2.62. The van der Waals surface area contributed by atoms with Crippen LogP contribution in [0.5, 0.6) is 11.5 Å². The first kappa shape index (κ1) is 19.6. The molecule has 1 aromatic rings. The third-order valence-electron chi connectivity index (χ3n) is 3.90. The number of urea groups is 1. The van der Waals surface area contributed by atoms with Crippen molar-refractivity contribution in [3.05, 3.63) is 35.0 Å². The zero-order valence-corrected chi connectivity index (χ0v) is 15.7. The molecule has 7 heteroatoms. The van der Waals surface area contributed by atoms with E-state index in [9.17, 15) is 9.59 Å². The van der Waals surface area contributed by atoms with E-state index in [0.717, 1.165) is 5.56 Å². The number of allylic oxidation sites excluding steroid dienone is 1. The fourth-order valence-electron chi connectivity index (χ4n) is 2.84. The van der Waals surface area contributed by atoms with Crippen LogP contribution in [0, 0.1) is 0 Å². The molecule has 0 radical (unpaired) electrons. The predicted octanol–water partition coefficient (Wildman–Crippen LogP) is 3.07. The molecule has 0 spiro atoms. The van der Waals surface area contributed by atoms with Crippen molar-refractivity contribution < 1.29 is 23.8 Å². The minimum Gasteiger partial charge on any atom is -0.490 e. The van der Waals surface area contributed by atoms with Crippen LogP contribution in [0.3, 0.4) is 0 Å². The highest BCUT2D eigenvalue weighted by molar-refractivity contribution is 5.95. The number of amides is 2. The maximum atomic E-state index is 12.5. The van der Waals surface area contributed by atoms with Crippen molar-refractivity contribution >= 4 is 12.0 Å². The summed E-state index contributed by atoms with van der Waals surface area (Å²) in [7, 11) is 0. The fraction of sp³-hybridized carbons (Fsp3) is 0.474. The SMILES string of the molecule is CCOC(=O)C1=C(CC)NC(=O)NC1c1ccc(OCC)c(OCC)c1. The van der Waals surface area contributed by atoms with Gasteiger partial charge in [-0.1, -0.05) is 13.0 Å². The third-order valence-corrected chi connectivity index (χ3v) is 3.90. The second-order valence-electron chi connectivity index (χ2n) is 5.57. The molecule has 1 aliphatic heterocycles. The molecule has 0 aromatic heterocycles. The van der Waals surface area contributed by atoms with Crippen LogP contribution in [0.15, 0.2) is 29.5 Å². The second kappa shape index (κ2) is 9.12. The molecule has 2 amide bonds. The lowest BCUT2D eigenvalue weighted by Crippen LogP contribution is -2.45. The first-order valence-electron chi connectivity index (χ1n) is 8.92. The Bertz CT molecular complexity index is 699. The summed E-state index contributed by atoms with van der Waals surface area (Å²) in [6, 6.07) is 4.42. The molecule has 1 heterocycles. The number of rotatable bonds is 8. The van der Waals surface area contributed by atoms with Crippen molar-refractivity contribution in [3.63, 3.8) is 0 Å². The summed E-state index contributed by atoms with van der Waals surface area (Å²) < 4.78 is 16.4. The van der Waals surface area contributed by atoms with Gasteiger partial charge in [-0.25, -0.2) is 9.59 Å². The number of carbonyl (C=O) groups excluding carboxylic acids is 2. The first-order chi connectivity index (χ1) is 12.5. The van der Waals surface area contributed by atoms with Crippen LogP contribution >= 0.6 is 0 Å². The van der Waals surface area contributed by atoms with Gasteiger partial charge in [0.15, 0.2) is 11.5 Å². The number of nitrogens with one attached hydrogen (secondary N) is 2.